The van der Waals surface area contributed by atoms with E-state index >= 15 is 0 Å². The molecule has 0 radical (unpaired) electrons. The molecule has 1 heterocycles. The van der Waals surface area contributed by atoms with Crippen molar-refractivity contribution in [2.24, 2.45) is 5.73 Å². The normalized spacial score (nSPS) is 12.7. The van der Waals surface area contributed by atoms with E-state index in [4.69, 9.17) is 5.73 Å². The van der Waals surface area contributed by atoms with Crippen LogP contribution in [0.3, 0.4) is 0 Å². The smallest absolute Gasteiger partial charge is 0.148 e. The quantitative estimate of drug-likeness (QED) is 0.919. The van der Waals surface area contributed by atoms with Crippen molar-refractivity contribution in [2.45, 2.75) is 39.7 Å². The highest BCUT2D eigenvalue weighted by molar-refractivity contribution is 5.42. The van der Waals surface area contributed by atoms with Crippen LogP contribution in [0, 0.1) is 19.7 Å². The Morgan fingerprint density at radius 2 is 2.11 bits per heavy atom. The molecule has 0 saturated carbocycles. The Kier molecular flexibility index (Phi) is 3.95. The van der Waals surface area contributed by atoms with E-state index in [1.165, 1.54) is 6.07 Å². The maximum Gasteiger partial charge on any atom is 0.148 e. The number of benzene rings is 1. The molecule has 2 rings (SSSR count). The Hall–Kier alpha value is -1.75. The second-order valence-electron chi connectivity index (χ2n) is 4.73. The Bertz CT molecular complexity index is 577. The summed E-state index contributed by atoms with van der Waals surface area (Å²) in [5.41, 5.74) is 7.28. The number of halogens is 1. The predicted octanol–water partition coefficient (Wildman–Crippen LogP) is 2.30. The zero-order chi connectivity index (χ0) is 14.0. The highest BCUT2D eigenvalue weighted by Gasteiger charge is 2.15. The fourth-order valence-corrected chi connectivity index (χ4v) is 2.10. The molecule has 1 aromatic carbocycles. The van der Waals surface area contributed by atoms with E-state index in [9.17, 15) is 4.39 Å². The molecule has 2 aromatic rings. The van der Waals surface area contributed by atoms with Gasteiger partial charge in [0.2, 0.25) is 0 Å². The Labute approximate surface area is 112 Å². The molecule has 1 unspecified atom stereocenters. The molecule has 0 saturated heterocycles. The van der Waals surface area contributed by atoms with Crippen LogP contribution in [0.4, 0.5) is 4.39 Å². The maximum absolute atomic E-state index is 14.1. The first kappa shape index (κ1) is 13.7. The van der Waals surface area contributed by atoms with Gasteiger partial charge >= 0.3 is 0 Å². The van der Waals surface area contributed by atoms with Crippen LogP contribution < -0.4 is 5.73 Å². The van der Waals surface area contributed by atoms with E-state index in [1.807, 2.05) is 26.8 Å². The lowest BCUT2D eigenvalue weighted by atomic mass is 10.0. The van der Waals surface area contributed by atoms with Crippen LogP contribution in [0.2, 0.25) is 0 Å². The van der Waals surface area contributed by atoms with Crippen LogP contribution in [0.1, 0.15) is 30.6 Å². The van der Waals surface area contributed by atoms with Gasteiger partial charge in [0.05, 0.1) is 5.69 Å². The number of rotatable bonds is 4. The van der Waals surface area contributed by atoms with Crippen LogP contribution in [0.25, 0.3) is 5.69 Å². The predicted molar refractivity (Wildman–Crippen MR) is 72.8 cm³/mol. The molecule has 1 atom stereocenters. The van der Waals surface area contributed by atoms with E-state index in [0.717, 1.165) is 17.9 Å². The first-order valence-electron chi connectivity index (χ1n) is 6.46. The number of nitrogens with zero attached hydrogens (tertiary/aromatic N) is 3. The highest BCUT2D eigenvalue weighted by Crippen LogP contribution is 2.20. The molecule has 0 spiro atoms. The zero-order valence-electron chi connectivity index (χ0n) is 11.5. The first-order valence-corrected chi connectivity index (χ1v) is 6.46. The van der Waals surface area contributed by atoms with Gasteiger partial charge in [-0.2, -0.15) is 5.10 Å². The van der Waals surface area contributed by atoms with E-state index in [0.29, 0.717) is 17.8 Å². The summed E-state index contributed by atoms with van der Waals surface area (Å²) in [7, 11) is 0. The van der Waals surface area contributed by atoms with Crippen molar-refractivity contribution in [2.75, 3.05) is 0 Å². The van der Waals surface area contributed by atoms with Crippen molar-refractivity contribution < 1.29 is 4.39 Å². The lowest BCUT2D eigenvalue weighted by Crippen LogP contribution is -2.23. The number of nitrogens with two attached hydrogens (primary N) is 1. The lowest BCUT2D eigenvalue weighted by molar-refractivity contribution is 0.574. The van der Waals surface area contributed by atoms with Gasteiger partial charge in [0.1, 0.15) is 17.5 Å². The molecule has 0 fully saturated rings. The summed E-state index contributed by atoms with van der Waals surface area (Å²) in [6, 6.07) is 4.94. The minimum absolute atomic E-state index is 0.0550. The summed E-state index contributed by atoms with van der Waals surface area (Å²) < 4.78 is 15.7. The standard InChI is InChI=1S/C14H19FN4/c1-4-11(16)8-12-13(15)6-5-7-14(12)19-10(3)17-9(2)18-19/h5-7,11H,4,8,16H2,1-3H3. The van der Waals surface area contributed by atoms with Crippen LogP contribution in [-0.2, 0) is 6.42 Å². The van der Waals surface area contributed by atoms with Gasteiger partial charge in [-0.1, -0.05) is 13.0 Å². The second kappa shape index (κ2) is 5.48. The zero-order valence-corrected chi connectivity index (χ0v) is 11.5. The molecule has 1 aromatic heterocycles. The summed E-state index contributed by atoms with van der Waals surface area (Å²) in [5.74, 6) is 1.18. The Morgan fingerprint density at radius 3 is 2.68 bits per heavy atom. The third-order valence-corrected chi connectivity index (χ3v) is 3.19. The second-order valence-corrected chi connectivity index (χ2v) is 4.73. The monoisotopic (exact) mass is 262 g/mol. The van der Waals surface area contributed by atoms with Gasteiger partial charge in [0.25, 0.3) is 0 Å². The van der Waals surface area contributed by atoms with E-state index in [1.54, 1.807) is 10.7 Å². The third-order valence-electron chi connectivity index (χ3n) is 3.19. The van der Waals surface area contributed by atoms with Crippen LogP contribution in [0.15, 0.2) is 18.2 Å². The van der Waals surface area contributed by atoms with Crippen molar-refractivity contribution >= 4 is 0 Å². The summed E-state index contributed by atoms with van der Waals surface area (Å²) in [5, 5.41) is 4.31. The Balaban J connectivity index is 2.51. The molecule has 4 nitrogen and oxygen atoms in total. The Morgan fingerprint density at radius 1 is 1.37 bits per heavy atom. The summed E-state index contributed by atoms with van der Waals surface area (Å²) >= 11 is 0. The van der Waals surface area contributed by atoms with Crippen molar-refractivity contribution in [3.05, 3.63) is 41.2 Å². The van der Waals surface area contributed by atoms with Gasteiger partial charge in [-0.3, -0.25) is 0 Å². The molecule has 2 N–H and O–H groups in total. The fourth-order valence-electron chi connectivity index (χ4n) is 2.10. The lowest BCUT2D eigenvalue weighted by Gasteiger charge is -2.14. The molecule has 0 aliphatic rings. The minimum Gasteiger partial charge on any atom is -0.327 e. The number of hydrogen-bond acceptors (Lipinski definition) is 3. The summed E-state index contributed by atoms with van der Waals surface area (Å²) in [6.07, 6.45) is 1.31. The largest absolute Gasteiger partial charge is 0.327 e. The van der Waals surface area contributed by atoms with Crippen molar-refractivity contribution in [1.29, 1.82) is 0 Å². The average Bonchev–Trinajstić information content (AvgIpc) is 2.70. The summed E-state index contributed by atoms with van der Waals surface area (Å²) in [6.45, 7) is 5.67. The molecule has 102 valence electrons. The van der Waals surface area contributed by atoms with Gasteiger partial charge in [0, 0.05) is 11.6 Å². The molecule has 0 bridgehead atoms. The molecular formula is C14H19FN4. The maximum atomic E-state index is 14.1. The average molecular weight is 262 g/mol. The van der Waals surface area contributed by atoms with Crippen molar-refractivity contribution in [3.63, 3.8) is 0 Å². The van der Waals surface area contributed by atoms with Gasteiger partial charge in [-0.25, -0.2) is 14.1 Å². The van der Waals surface area contributed by atoms with Gasteiger partial charge in [0.15, 0.2) is 0 Å². The van der Waals surface area contributed by atoms with Gasteiger partial charge in [-0.05, 0) is 38.8 Å². The van der Waals surface area contributed by atoms with E-state index in [-0.39, 0.29) is 11.9 Å². The molecule has 5 heteroatoms. The topological polar surface area (TPSA) is 56.7 Å². The van der Waals surface area contributed by atoms with Crippen LogP contribution in [-0.4, -0.2) is 20.8 Å². The molecule has 0 aliphatic heterocycles. The third kappa shape index (κ3) is 2.81. The SMILES string of the molecule is CCC(N)Cc1c(F)cccc1-n1nc(C)nc1C. The minimum atomic E-state index is -0.242. The van der Waals surface area contributed by atoms with Crippen LogP contribution in [0.5, 0.6) is 0 Å². The number of aryl methyl sites for hydroxylation is 2. The highest BCUT2D eigenvalue weighted by atomic mass is 19.1. The van der Waals surface area contributed by atoms with Crippen molar-refractivity contribution in [3.8, 4) is 5.69 Å². The fraction of sp³-hybridized carbons (Fsp3) is 0.429. The van der Waals surface area contributed by atoms with E-state index < -0.39 is 0 Å². The molecule has 19 heavy (non-hydrogen) atoms. The molecular weight excluding hydrogens is 243 g/mol. The van der Waals surface area contributed by atoms with Gasteiger partial charge in [-0.15, -0.1) is 0 Å². The molecule has 0 amide bonds. The summed E-state index contributed by atoms with van der Waals surface area (Å²) in [4.78, 5) is 4.26. The van der Waals surface area contributed by atoms with Crippen molar-refractivity contribution in [1.82, 2.24) is 14.8 Å². The number of hydrogen-bond donors (Lipinski definition) is 1. The molecule has 0 aliphatic carbocycles. The van der Waals surface area contributed by atoms with E-state index in [2.05, 4.69) is 10.1 Å². The first-order chi connectivity index (χ1) is 9.02. The van der Waals surface area contributed by atoms with Crippen LogP contribution >= 0.6 is 0 Å². The van der Waals surface area contributed by atoms with Gasteiger partial charge < -0.3 is 5.73 Å². The number of aromatic nitrogens is 3.